The normalized spacial score (nSPS) is 18.3. The van der Waals surface area contributed by atoms with Crippen LogP contribution in [-0.4, -0.2) is 46.6 Å². The lowest BCUT2D eigenvalue weighted by Gasteiger charge is -2.36. The zero-order chi connectivity index (χ0) is 17.3. The zero-order valence-electron chi connectivity index (χ0n) is 13.8. The summed E-state index contributed by atoms with van der Waals surface area (Å²) in [5, 5.41) is 0.487. The Hall–Kier alpha value is -1.99. The van der Waals surface area contributed by atoms with Crippen molar-refractivity contribution >= 4 is 29.0 Å². The molecule has 7 heteroatoms. The van der Waals surface area contributed by atoms with Crippen molar-refractivity contribution in [2.75, 3.05) is 19.8 Å². The number of ether oxygens (including phenoxy) is 1. The first-order valence-electron chi connectivity index (χ1n) is 8.11. The highest BCUT2D eigenvalue weighted by atomic mass is 32.1. The van der Waals surface area contributed by atoms with Gasteiger partial charge in [-0.1, -0.05) is 13.8 Å². The van der Waals surface area contributed by atoms with Gasteiger partial charge in [-0.3, -0.25) is 14.6 Å². The Morgan fingerprint density at radius 1 is 1.42 bits per heavy atom. The molecule has 2 aromatic rings. The van der Waals surface area contributed by atoms with E-state index in [2.05, 4.69) is 23.8 Å². The Bertz CT molecular complexity index is 871. The first-order valence-corrected chi connectivity index (χ1v) is 8.51. The van der Waals surface area contributed by atoms with Gasteiger partial charge in [-0.15, -0.1) is 0 Å². The lowest BCUT2D eigenvalue weighted by atomic mass is 10.0. The molecule has 1 amide bonds. The highest BCUT2D eigenvalue weighted by molar-refractivity contribution is 7.71. The third-order valence-electron chi connectivity index (χ3n) is 4.22. The van der Waals surface area contributed by atoms with E-state index in [4.69, 9.17) is 17.0 Å². The van der Waals surface area contributed by atoms with Gasteiger partial charge in [0.05, 0.1) is 30.2 Å². The Labute approximate surface area is 144 Å². The molecule has 0 bridgehead atoms. The van der Waals surface area contributed by atoms with E-state index in [0.717, 1.165) is 6.42 Å². The van der Waals surface area contributed by atoms with Gasteiger partial charge in [-0.05, 0) is 42.8 Å². The number of H-pyrrole nitrogens is 2. The Balaban J connectivity index is 1.95. The summed E-state index contributed by atoms with van der Waals surface area (Å²) in [6, 6.07) is 5.13. The second-order valence-electron chi connectivity index (χ2n) is 6.53. The summed E-state index contributed by atoms with van der Waals surface area (Å²) in [5.41, 5.74) is 0.870. The molecule has 2 heterocycles. The van der Waals surface area contributed by atoms with Crippen molar-refractivity contribution < 1.29 is 9.53 Å². The third kappa shape index (κ3) is 3.42. The lowest BCUT2D eigenvalue weighted by molar-refractivity contribution is -0.00745. The standard InChI is InChI=1S/C17H21N3O3S/c1-10(2)7-12-9-23-6-5-20(12)16(22)11-3-4-13-14(8-11)18-17(24)19-15(13)21/h3-4,8,10,12H,5-7,9H2,1-2H3,(H2,18,19,21,24)/t12-/m0/s1. The van der Waals surface area contributed by atoms with Crippen LogP contribution in [0.4, 0.5) is 0 Å². The van der Waals surface area contributed by atoms with Gasteiger partial charge >= 0.3 is 0 Å². The number of rotatable bonds is 3. The molecule has 1 aromatic heterocycles. The maximum Gasteiger partial charge on any atom is 0.259 e. The van der Waals surface area contributed by atoms with Crippen LogP contribution in [0, 0.1) is 10.7 Å². The molecule has 0 saturated carbocycles. The molecule has 1 aromatic carbocycles. The number of hydrogen-bond acceptors (Lipinski definition) is 4. The number of carbonyl (C=O) groups excluding carboxylic acids is 1. The van der Waals surface area contributed by atoms with Gasteiger partial charge in [0.15, 0.2) is 4.77 Å². The molecule has 0 aliphatic carbocycles. The molecule has 1 saturated heterocycles. The van der Waals surface area contributed by atoms with Crippen molar-refractivity contribution in [2.24, 2.45) is 5.92 Å². The van der Waals surface area contributed by atoms with Gasteiger partial charge in [0.1, 0.15) is 0 Å². The Morgan fingerprint density at radius 3 is 2.96 bits per heavy atom. The number of nitrogens with zero attached hydrogens (tertiary/aromatic N) is 1. The van der Waals surface area contributed by atoms with Crippen LogP contribution in [0.1, 0.15) is 30.6 Å². The SMILES string of the molecule is CC(C)C[C@H]1COCCN1C(=O)c1ccc2c(=O)[nH]c(=S)[nH]c2c1. The van der Waals surface area contributed by atoms with E-state index in [9.17, 15) is 9.59 Å². The molecular formula is C17H21N3O3S. The number of morpholine rings is 1. The number of nitrogens with one attached hydrogen (secondary N) is 2. The fourth-order valence-electron chi connectivity index (χ4n) is 3.13. The van der Waals surface area contributed by atoms with E-state index in [1.165, 1.54) is 0 Å². The van der Waals surface area contributed by atoms with Gasteiger partial charge in [0.25, 0.3) is 11.5 Å². The molecule has 1 atom stereocenters. The Morgan fingerprint density at radius 2 is 2.21 bits per heavy atom. The van der Waals surface area contributed by atoms with Crippen LogP contribution in [0.5, 0.6) is 0 Å². The van der Waals surface area contributed by atoms with Crippen LogP contribution in [0.2, 0.25) is 0 Å². The quantitative estimate of drug-likeness (QED) is 0.836. The van der Waals surface area contributed by atoms with Crippen molar-refractivity contribution in [1.29, 1.82) is 0 Å². The van der Waals surface area contributed by atoms with E-state index < -0.39 is 0 Å². The van der Waals surface area contributed by atoms with Gasteiger partial charge in [-0.2, -0.15) is 0 Å². The molecule has 1 aliphatic heterocycles. The predicted molar refractivity (Wildman–Crippen MR) is 94.9 cm³/mol. The number of hydrogen-bond donors (Lipinski definition) is 2. The molecule has 2 N–H and O–H groups in total. The number of carbonyl (C=O) groups is 1. The van der Waals surface area contributed by atoms with E-state index in [1.54, 1.807) is 18.2 Å². The summed E-state index contributed by atoms with van der Waals surface area (Å²) in [7, 11) is 0. The topological polar surface area (TPSA) is 78.2 Å². The average molecular weight is 347 g/mol. The van der Waals surface area contributed by atoms with Gasteiger partial charge in [0, 0.05) is 12.1 Å². The third-order valence-corrected chi connectivity index (χ3v) is 4.42. The molecule has 0 unspecified atom stereocenters. The number of benzene rings is 1. The number of fused-ring (bicyclic) bond motifs is 1. The summed E-state index contributed by atoms with van der Waals surface area (Å²) in [5.74, 6) is 0.448. The van der Waals surface area contributed by atoms with E-state index in [-0.39, 0.29) is 22.3 Å². The van der Waals surface area contributed by atoms with Crippen molar-refractivity contribution in [3.05, 3.63) is 38.9 Å². The molecule has 128 valence electrons. The minimum absolute atomic E-state index is 0.0366. The minimum Gasteiger partial charge on any atom is -0.377 e. The highest BCUT2D eigenvalue weighted by Crippen LogP contribution is 2.20. The van der Waals surface area contributed by atoms with Crippen LogP contribution < -0.4 is 5.56 Å². The average Bonchev–Trinajstić information content (AvgIpc) is 2.53. The zero-order valence-corrected chi connectivity index (χ0v) is 14.6. The van der Waals surface area contributed by atoms with Gasteiger partial charge in [0.2, 0.25) is 0 Å². The molecular weight excluding hydrogens is 326 g/mol. The van der Waals surface area contributed by atoms with Crippen LogP contribution >= 0.6 is 12.2 Å². The summed E-state index contributed by atoms with van der Waals surface area (Å²) in [4.78, 5) is 32.2. The van der Waals surface area contributed by atoms with Crippen molar-refractivity contribution in [3.8, 4) is 0 Å². The van der Waals surface area contributed by atoms with Crippen LogP contribution in [0.25, 0.3) is 10.9 Å². The van der Waals surface area contributed by atoms with Crippen molar-refractivity contribution in [1.82, 2.24) is 14.9 Å². The molecule has 3 rings (SSSR count). The predicted octanol–water partition coefficient (Wildman–Crippen LogP) is 2.47. The van der Waals surface area contributed by atoms with Crippen LogP contribution in [0.3, 0.4) is 0 Å². The Kier molecular flexibility index (Phi) is 4.82. The second kappa shape index (κ2) is 6.86. The summed E-state index contributed by atoms with van der Waals surface area (Å²) >= 11 is 5.00. The van der Waals surface area contributed by atoms with Gasteiger partial charge in [-0.25, -0.2) is 0 Å². The number of aromatic amines is 2. The summed E-state index contributed by atoms with van der Waals surface area (Å²) < 4.78 is 5.79. The fraction of sp³-hybridized carbons (Fsp3) is 0.471. The molecule has 1 aliphatic rings. The molecule has 0 spiro atoms. The number of amides is 1. The lowest BCUT2D eigenvalue weighted by Crippen LogP contribution is -2.49. The number of aromatic nitrogens is 2. The molecule has 1 fully saturated rings. The van der Waals surface area contributed by atoms with Crippen LogP contribution in [-0.2, 0) is 4.74 Å². The minimum atomic E-state index is -0.253. The summed E-state index contributed by atoms with van der Waals surface area (Å²) in [6.07, 6.45) is 0.904. The largest absolute Gasteiger partial charge is 0.377 e. The summed E-state index contributed by atoms with van der Waals surface area (Å²) in [6.45, 7) is 5.98. The van der Waals surface area contributed by atoms with E-state index in [0.29, 0.717) is 42.1 Å². The first-order chi connectivity index (χ1) is 11.5. The first kappa shape index (κ1) is 16.9. The highest BCUT2D eigenvalue weighted by Gasteiger charge is 2.28. The molecule has 24 heavy (non-hydrogen) atoms. The smallest absolute Gasteiger partial charge is 0.259 e. The molecule has 6 nitrogen and oxygen atoms in total. The second-order valence-corrected chi connectivity index (χ2v) is 6.93. The van der Waals surface area contributed by atoms with E-state index in [1.807, 2.05) is 4.90 Å². The van der Waals surface area contributed by atoms with Crippen molar-refractivity contribution in [2.45, 2.75) is 26.3 Å². The van der Waals surface area contributed by atoms with E-state index >= 15 is 0 Å². The fourth-order valence-corrected chi connectivity index (χ4v) is 3.33. The monoisotopic (exact) mass is 347 g/mol. The maximum atomic E-state index is 12.9. The maximum absolute atomic E-state index is 12.9. The van der Waals surface area contributed by atoms with Gasteiger partial charge < -0.3 is 14.6 Å². The molecule has 0 radical (unpaired) electrons. The van der Waals surface area contributed by atoms with Crippen LogP contribution in [0.15, 0.2) is 23.0 Å². The van der Waals surface area contributed by atoms with Crippen molar-refractivity contribution in [3.63, 3.8) is 0 Å².